The zero-order chi connectivity index (χ0) is 23.5. The van der Waals surface area contributed by atoms with Crippen LogP contribution in [0.1, 0.15) is 38.4 Å². The lowest BCUT2D eigenvalue weighted by atomic mass is 9.88. The number of pyridine rings is 1. The van der Waals surface area contributed by atoms with Gasteiger partial charge in [-0.3, -0.25) is 14.6 Å². The van der Waals surface area contributed by atoms with Gasteiger partial charge in [0.25, 0.3) is 11.8 Å². The number of amides is 2. The average Bonchev–Trinajstić information content (AvgIpc) is 2.81. The van der Waals surface area contributed by atoms with E-state index in [1.807, 2.05) is 18.2 Å². The van der Waals surface area contributed by atoms with Gasteiger partial charge in [0, 0.05) is 30.9 Å². The number of nitrogens with zero attached hydrogens (tertiary/aromatic N) is 1. The third kappa shape index (κ3) is 4.97. The Morgan fingerprint density at radius 3 is 2.42 bits per heavy atom. The third-order valence-electron chi connectivity index (χ3n) is 5.41. The van der Waals surface area contributed by atoms with Crippen molar-refractivity contribution in [3.05, 3.63) is 88.5 Å². The zero-order valence-electron chi connectivity index (χ0n) is 17.6. The molecule has 3 aromatic rings. The fourth-order valence-corrected chi connectivity index (χ4v) is 3.74. The van der Waals surface area contributed by atoms with E-state index in [9.17, 15) is 22.8 Å². The lowest BCUT2D eigenvalue weighted by molar-refractivity contribution is 0.0930. The number of aryl methyl sites for hydroxylation is 1. The number of nitrogens with one attached hydrogen (secondary N) is 2. The molecule has 33 heavy (non-hydrogen) atoms. The molecule has 1 aromatic heterocycles. The van der Waals surface area contributed by atoms with Crippen molar-refractivity contribution in [2.45, 2.75) is 25.3 Å². The SMILES string of the molecule is CNC(=O)c1cc(Oc2ccc3c(c2)CC(NC(=O)c2cc(F)c(F)c(F)c2)CC3)ccn1. The van der Waals surface area contributed by atoms with E-state index >= 15 is 0 Å². The Balaban J connectivity index is 1.46. The maximum absolute atomic E-state index is 13.5. The molecule has 1 heterocycles. The van der Waals surface area contributed by atoms with E-state index in [4.69, 9.17) is 4.74 Å². The van der Waals surface area contributed by atoms with Crippen LogP contribution in [0.15, 0.2) is 48.7 Å². The maximum atomic E-state index is 13.5. The van der Waals surface area contributed by atoms with Gasteiger partial charge in [-0.05, 0) is 60.7 Å². The number of hydrogen-bond acceptors (Lipinski definition) is 4. The largest absolute Gasteiger partial charge is 0.457 e. The van der Waals surface area contributed by atoms with Crippen molar-refractivity contribution in [2.75, 3.05) is 7.05 Å². The van der Waals surface area contributed by atoms with Gasteiger partial charge in [-0.2, -0.15) is 0 Å². The highest BCUT2D eigenvalue weighted by atomic mass is 19.2. The van der Waals surface area contributed by atoms with Crippen LogP contribution in [0.3, 0.4) is 0 Å². The van der Waals surface area contributed by atoms with Crippen LogP contribution in [0.2, 0.25) is 0 Å². The van der Waals surface area contributed by atoms with Crippen molar-refractivity contribution in [3.8, 4) is 11.5 Å². The van der Waals surface area contributed by atoms with Gasteiger partial charge in [0.2, 0.25) is 0 Å². The number of aromatic nitrogens is 1. The minimum absolute atomic E-state index is 0.226. The van der Waals surface area contributed by atoms with Gasteiger partial charge in [0.15, 0.2) is 17.5 Å². The molecule has 1 atom stereocenters. The minimum atomic E-state index is -1.61. The molecule has 9 heteroatoms. The summed E-state index contributed by atoms with van der Waals surface area (Å²) in [4.78, 5) is 28.2. The molecule has 0 saturated carbocycles. The normalized spacial score (nSPS) is 14.8. The minimum Gasteiger partial charge on any atom is -0.457 e. The topological polar surface area (TPSA) is 80.3 Å². The van der Waals surface area contributed by atoms with Crippen molar-refractivity contribution in [3.63, 3.8) is 0 Å². The Hall–Kier alpha value is -3.88. The highest BCUT2D eigenvalue weighted by molar-refractivity contribution is 5.94. The van der Waals surface area contributed by atoms with Crippen LogP contribution in [0, 0.1) is 17.5 Å². The molecule has 2 N–H and O–H groups in total. The second-order valence-corrected chi connectivity index (χ2v) is 7.66. The number of ether oxygens (including phenoxy) is 1. The second-order valence-electron chi connectivity index (χ2n) is 7.66. The number of carbonyl (C=O) groups is 2. The smallest absolute Gasteiger partial charge is 0.269 e. The van der Waals surface area contributed by atoms with Crippen LogP contribution in [-0.2, 0) is 12.8 Å². The van der Waals surface area contributed by atoms with Crippen molar-refractivity contribution in [1.82, 2.24) is 15.6 Å². The summed E-state index contributed by atoms with van der Waals surface area (Å²) in [6, 6.07) is 9.87. The summed E-state index contributed by atoms with van der Waals surface area (Å²) in [5, 5.41) is 5.26. The van der Waals surface area contributed by atoms with Gasteiger partial charge in [-0.15, -0.1) is 0 Å². The lowest BCUT2D eigenvalue weighted by Crippen LogP contribution is -2.39. The summed E-state index contributed by atoms with van der Waals surface area (Å²) in [5.74, 6) is -4.43. The monoisotopic (exact) mass is 455 g/mol. The molecule has 1 aliphatic rings. The average molecular weight is 455 g/mol. The molecule has 0 spiro atoms. The van der Waals surface area contributed by atoms with E-state index in [0.29, 0.717) is 42.9 Å². The van der Waals surface area contributed by atoms with Gasteiger partial charge in [0.05, 0.1) is 0 Å². The number of hydrogen-bond donors (Lipinski definition) is 2. The van der Waals surface area contributed by atoms with Crippen molar-refractivity contribution >= 4 is 11.8 Å². The molecule has 170 valence electrons. The van der Waals surface area contributed by atoms with E-state index in [0.717, 1.165) is 11.1 Å². The van der Waals surface area contributed by atoms with E-state index in [1.54, 1.807) is 6.07 Å². The van der Waals surface area contributed by atoms with Gasteiger partial charge < -0.3 is 15.4 Å². The summed E-state index contributed by atoms with van der Waals surface area (Å²) in [7, 11) is 1.51. The van der Waals surface area contributed by atoms with Gasteiger partial charge >= 0.3 is 0 Å². The van der Waals surface area contributed by atoms with E-state index in [2.05, 4.69) is 15.6 Å². The molecule has 1 unspecified atom stereocenters. The first kappa shape index (κ1) is 22.3. The highest BCUT2D eigenvalue weighted by Gasteiger charge is 2.23. The van der Waals surface area contributed by atoms with Crippen LogP contribution in [0.4, 0.5) is 13.2 Å². The third-order valence-corrected chi connectivity index (χ3v) is 5.41. The first-order chi connectivity index (χ1) is 15.8. The molecule has 0 aliphatic heterocycles. The van der Waals surface area contributed by atoms with Crippen molar-refractivity contribution < 1.29 is 27.5 Å². The second kappa shape index (κ2) is 9.32. The summed E-state index contributed by atoms with van der Waals surface area (Å²) in [6.45, 7) is 0. The van der Waals surface area contributed by atoms with Crippen LogP contribution in [0.25, 0.3) is 0 Å². The number of benzene rings is 2. The molecule has 0 saturated heterocycles. The van der Waals surface area contributed by atoms with Crippen molar-refractivity contribution in [1.29, 1.82) is 0 Å². The number of rotatable bonds is 5. The molecule has 0 radical (unpaired) electrons. The van der Waals surface area contributed by atoms with E-state index < -0.39 is 23.4 Å². The quantitative estimate of drug-likeness (QED) is 0.572. The summed E-state index contributed by atoms with van der Waals surface area (Å²) >= 11 is 0. The molecule has 2 aromatic carbocycles. The first-order valence-corrected chi connectivity index (χ1v) is 10.3. The maximum Gasteiger partial charge on any atom is 0.269 e. The number of halogens is 3. The molecule has 2 amide bonds. The zero-order valence-corrected chi connectivity index (χ0v) is 17.6. The summed E-state index contributed by atoms with van der Waals surface area (Å²) < 4.78 is 45.9. The fourth-order valence-electron chi connectivity index (χ4n) is 3.74. The Morgan fingerprint density at radius 1 is 0.970 bits per heavy atom. The summed E-state index contributed by atoms with van der Waals surface area (Å²) in [5.41, 5.74) is 2.01. The van der Waals surface area contributed by atoms with Crippen LogP contribution in [-0.4, -0.2) is 29.9 Å². The summed E-state index contributed by atoms with van der Waals surface area (Å²) in [6.07, 6.45) is 3.31. The van der Waals surface area contributed by atoms with Gasteiger partial charge in [-0.1, -0.05) is 6.07 Å². The van der Waals surface area contributed by atoms with Crippen LogP contribution in [0.5, 0.6) is 11.5 Å². The molecule has 0 fully saturated rings. The number of carbonyl (C=O) groups excluding carboxylic acids is 2. The molecule has 0 bridgehead atoms. The Morgan fingerprint density at radius 2 is 1.70 bits per heavy atom. The van der Waals surface area contributed by atoms with E-state index in [1.165, 1.54) is 19.3 Å². The van der Waals surface area contributed by atoms with Crippen LogP contribution >= 0.6 is 0 Å². The van der Waals surface area contributed by atoms with Gasteiger partial charge in [-0.25, -0.2) is 13.2 Å². The molecular formula is C24H20F3N3O3. The Bertz CT molecular complexity index is 1210. The standard InChI is InChI=1S/C24H20F3N3O3/c1-28-24(32)21-12-18(6-7-29-21)33-17-5-3-13-2-4-16(8-14(13)9-17)30-23(31)15-10-19(25)22(27)20(26)11-15/h3,5-7,9-12,16H,2,4,8H2,1H3,(H,28,32)(H,30,31). The van der Waals surface area contributed by atoms with Crippen LogP contribution < -0.4 is 15.4 Å². The predicted octanol–water partition coefficient (Wildman–Crippen LogP) is 3.94. The Labute approximate surface area is 187 Å². The Kier molecular flexibility index (Phi) is 6.30. The molecular weight excluding hydrogens is 435 g/mol. The van der Waals surface area contributed by atoms with Crippen molar-refractivity contribution in [2.24, 2.45) is 0 Å². The molecule has 4 rings (SSSR count). The van der Waals surface area contributed by atoms with E-state index in [-0.39, 0.29) is 23.2 Å². The molecule has 1 aliphatic carbocycles. The fraction of sp³-hybridized carbons (Fsp3) is 0.208. The molecule has 6 nitrogen and oxygen atoms in total. The van der Waals surface area contributed by atoms with Gasteiger partial charge in [0.1, 0.15) is 17.2 Å². The predicted molar refractivity (Wildman–Crippen MR) is 114 cm³/mol. The lowest BCUT2D eigenvalue weighted by Gasteiger charge is -2.26. The first-order valence-electron chi connectivity index (χ1n) is 10.3. The highest BCUT2D eigenvalue weighted by Crippen LogP contribution is 2.29. The number of fused-ring (bicyclic) bond motifs is 1.